The zero-order chi connectivity index (χ0) is 13.1. The highest BCUT2D eigenvalue weighted by atomic mass is 33.1. The number of aryl methyl sites for hydroxylation is 1. The van der Waals surface area contributed by atoms with Crippen molar-refractivity contribution >= 4 is 28.4 Å². The van der Waals surface area contributed by atoms with E-state index in [1.165, 1.54) is 41.4 Å². The van der Waals surface area contributed by atoms with E-state index in [0.29, 0.717) is 0 Å². The molecule has 0 atom stereocenters. The molecule has 1 aromatic rings. The highest BCUT2D eigenvalue weighted by Gasteiger charge is 1.97. The summed E-state index contributed by atoms with van der Waals surface area (Å²) in [5.41, 5.74) is 3.61. The Hall–Kier alpha value is -0.410. The lowest BCUT2D eigenvalue weighted by Crippen LogP contribution is -1.93. The molecule has 0 spiro atoms. The zero-order valence-corrected chi connectivity index (χ0v) is 12.9. The number of nitrogens with zero attached hydrogens (tertiary/aromatic N) is 1. The molecule has 96 valence electrons. The average Bonchev–Trinajstić information content (AvgIpc) is 2.39. The standard InChI is InChI=1S/C12H17NS2.C2H6/c1-3-4-5-11-6-8-12(9-7-11)10(2)13-15-14;1-2/h6-9,14H,3-5H2,1-2H3;1-2H3/b13-10+;. The minimum Gasteiger partial charge on any atom is -0.210 e. The van der Waals surface area contributed by atoms with Gasteiger partial charge in [-0.25, -0.2) is 4.40 Å². The van der Waals surface area contributed by atoms with Crippen molar-refractivity contribution in [2.45, 2.75) is 47.0 Å². The Kier molecular flexibility index (Phi) is 10.5. The molecule has 0 aromatic heterocycles. The Bertz CT molecular complexity index is 317. The monoisotopic (exact) mass is 269 g/mol. The molecule has 0 amide bonds. The summed E-state index contributed by atoms with van der Waals surface area (Å²) in [6.45, 7) is 8.22. The third kappa shape index (κ3) is 6.79. The van der Waals surface area contributed by atoms with Crippen molar-refractivity contribution < 1.29 is 0 Å². The van der Waals surface area contributed by atoms with Crippen molar-refractivity contribution in [1.82, 2.24) is 0 Å². The number of thiol groups is 1. The van der Waals surface area contributed by atoms with Gasteiger partial charge < -0.3 is 0 Å². The molecule has 0 saturated heterocycles. The number of hydrogen-bond donors (Lipinski definition) is 1. The van der Waals surface area contributed by atoms with Gasteiger partial charge in [0, 0.05) is 11.0 Å². The van der Waals surface area contributed by atoms with Crippen LogP contribution < -0.4 is 0 Å². The van der Waals surface area contributed by atoms with E-state index in [1.54, 1.807) is 0 Å². The third-order valence-electron chi connectivity index (χ3n) is 2.37. The fourth-order valence-corrected chi connectivity index (χ4v) is 2.00. The molecule has 17 heavy (non-hydrogen) atoms. The lowest BCUT2D eigenvalue weighted by Gasteiger charge is -2.02. The SMILES string of the molecule is CC.CCCCc1ccc(/C(C)=N/SS)cc1. The van der Waals surface area contributed by atoms with Crippen molar-refractivity contribution in [2.75, 3.05) is 0 Å². The van der Waals surface area contributed by atoms with Gasteiger partial charge in [0.2, 0.25) is 0 Å². The van der Waals surface area contributed by atoms with Crippen LogP contribution >= 0.6 is 22.6 Å². The molecule has 1 nitrogen and oxygen atoms in total. The van der Waals surface area contributed by atoms with E-state index in [0.717, 1.165) is 5.71 Å². The second-order valence-corrected chi connectivity index (χ2v) is 4.39. The minimum atomic E-state index is 1.03. The first-order chi connectivity index (χ1) is 8.27. The van der Waals surface area contributed by atoms with E-state index >= 15 is 0 Å². The molecule has 0 heterocycles. The van der Waals surface area contributed by atoms with Crippen molar-refractivity contribution in [1.29, 1.82) is 0 Å². The minimum absolute atomic E-state index is 1.03. The molecule has 0 aliphatic carbocycles. The summed E-state index contributed by atoms with van der Waals surface area (Å²) in [5, 5.41) is 0. The van der Waals surface area contributed by atoms with Crippen LogP contribution in [0.15, 0.2) is 28.7 Å². The van der Waals surface area contributed by atoms with Crippen LogP contribution in [-0.4, -0.2) is 5.71 Å². The van der Waals surface area contributed by atoms with Crippen LogP contribution in [0.5, 0.6) is 0 Å². The molecule has 3 heteroatoms. The van der Waals surface area contributed by atoms with Crippen LogP contribution in [0, 0.1) is 0 Å². The quantitative estimate of drug-likeness (QED) is 0.328. The van der Waals surface area contributed by atoms with Crippen molar-refractivity contribution in [3.63, 3.8) is 0 Å². The predicted molar refractivity (Wildman–Crippen MR) is 85.2 cm³/mol. The van der Waals surface area contributed by atoms with Crippen LogP contribution in [0.3, 0.4) is 0 Å². The maximum absolute atomic E-state index is 4.18. The summed E-state index contributed by atoms with van der Waals surface area (Å²) in [7, 11) is 1.21. The smallest absolute Gasteiger partial charge is 0.0538 e. The fraction of sp³-hybridized carbons (Fsp3) is 0.500. The fourth-order valence-electron chi connectivity index (χ4n) is 1.41. The second kappa shape index (κ2) is 10.7. The van der Waals surface area contributed by atoms with Gasteiger partial charge >= 0.3 is 0 Å². The molecule has 0 aliphatic rings. The van der Waals surface area contributed by atoms with Crippen molar-refractivity contribution in [2.24, 2.45) is 4.40 Å². The van der Waals surface area contributed by atoms with E-state index in [4.69, 9.17) is 0 Å². The van der Waals surface area contributed by atoms with Gasteiger partial charge in [0.05, 0.1) is 5.71 Å². The Morgan fingerprint density at radius 2 is 1.82 bits per heavy atom. The molecule has 0 unspecified atom stereocenters. The normalized spacial score (nSPS) is 10.8. The number of unbranched alkanes of at least 4 members (excludes halogenated alkanes) is 1. The average molecular weight is 269 g/mol. The maximum Gasteiger partial charge on any atom is 0.0538 e. The summed E-state index contributed by atoms with van der Waals surface area (Å²) in [6, 6.07) is 8.64. The number of hydrogen-bond acceptors (Lipinski definition) is 3. The number of benzene rings is 1. The Morgan fingerprint density at radius 1 is 1.24 bits per heavy atom. The molecule has 0 N–H and O–H groups in total. The van der Waals surface area contributed by atoms with Crippen LogP contribution in [0.4, 0.5) is 0 Å². The lowest BCUT2D eigenvalue weighted by atomic mass is 10.0. The van der Waals surface area contributed by atoms with Crippen molar-refractivity contribution in [3.8, 4) is 0 Å². The first kappa shape index (κ1) is 16.6. The first-order valence-electron chi connectivity index (χ1n) is 6.22. The topological polar surface area (TPSA) is 12.4 Å². The van der Waals surface area contributed by atoms with Gasteiger partial charge in [0.1, 0.15) is 0 Å². The molecule has 1 rings (SSSR count). The molecular weight excluding hydrogens is 246 g/mol. The van der Waals surface area contributed by atoms with Gasteiger partial charge in [-0.2, -0.15) is 0 Å². The third-order valence-corrected chi connectivity index (χ3v) is 2.97. The summed E-state index contributed by atoms with van der Waals surface area (Å²) in [4.78, 5) is 0. The van der Waals surface area contributed by atoms with E-state index in [2.05, 4.69) is 47.2 Å². The van der Waals surface area contributed by atoms with Crippen LogP contribution in [0.2, 0.25) is 0 Å². The highest BCUT2D eigenvalue weighted by molar-refractivity contribution is 8.68. The Labute approximate surface area is 115 Å². The highest BCUT2D eigenvalue weighted by Crippen LogP contribution is 2.13. The van der Waals surface area contributed by atoms with E-state index in [-0.39, 0.29) is 0 Å². The van der Waals surface area contributed by atoms with Gasteiger partial charge in [0.25, 0.3) is 0 Å². The molecule has 0 fully saturated rings. The van der Waals surface area contributed by atoms with Gasteiger partial charge in [-0.1, -0.05) is 63.1 Å². The van der Waals surface area contributed by atoms with E-state index < -0.39 is 0 Å². The van der Waals surface area contributed by atoms with Crippen LogP contribution in [-0.2, 0) is 6.42 Å². The molecular formula is C14H23NS2. The summed E-state index contributed by atoms with van der Waals surface area (Å²) in [6.07, 6.45) is 3.69. The Morgan fingerprint density at radius 3 is 2.29 bits per heavy atom. The number of rotatable bonds is 5. The van der Waals surface area contributed by atoms with Gasteiger partial charge in [-0.05, 0) is 30.9 Å². The Balaban J connectivity index is 0.00000121. The molecule has 1 aromatic carbocycles. The summed E-state index contributed by atoms with van der Waals surface area (Å²) < 4.78 is 4.18. The van der Waals surface area contributed by atoms with Crippen LogP contribution in [0.1, 0.15) is 51.7 Å². The predicted octanol–water partition coefficient (Wildman–Crippen LogP) is 5.36. The van der Waals surface area contributed by atoms with E-state index in [1.807, 2.05) is 20.8 Å². The van der Waals surface area contributed by atoms with E-state index in [9.17, 15) is 0 Å². The summed E-state index contributed by atoms with van der Waals surface area (Å²) in [5.74, 6) is 0. The maximum atomic E-state index is 4.18. The second-order valence-electron chi connectivity index (χ2n) is 3.56. The van der Waals surface area contributed by atoms with Gasteiger partial charge in [-0.15, -0.1) is 0 Å². The van der Waals surface area contributed by atoms with Gasteiger partial charge in [0.15, 0.2) is 0 Å². The summed E-state index contributed by atoms with van der Waals surface area (Å²) >= 11 is 4.01. The molecule has 0 radical (unpaired) electrons. The van der Waals surface area contributed by atoms with Crippen molar-refractivity contribution in [3.05, 3.63) is 35.4 Å². The largest absolute Gasteiger partial charge is 0.210 e. The zero-order valence-electron chi connectivity index (χ0n) is 11.2. The molecule has 0 saturated carbocycles. The van der Waals surface area contributed by atoms with Crippen LogP contribution in [0.25, 0.3) is 0 Å². The molecule has 0 bridgehead atoms. The first-order valence-corrected chi connectivity index (χ1v) is 8.05. The molecule has 0 aliphatic heterocycles. The van der Waals surface area contributed by atoms with Gasteiger partial charge in [-0.3, -0.25) is 0 Å². The lowest BCUT2D eigenvalue weighted by molar-refractivity contribution is 0.795.